The van der Waals surface area contributed by atoms with Crippen LogP contribution in [0.25, 0.3) is 0 Å². The number of nitrogens with one attached hydrogen (secondary N) is 1. The molecule has 106 valence electrons. The number of hydrogen-bond acceptors (Lipinski definition) is 3. The average Bonchev–Trinajstić information content (AvgIpc) is 2.87. The highest BCUT2D eigenvalue weighted by Crippen LogP contribution is 2.16. The molecule has 1 aliphatic rings. The number of aromatic nitrogens is 2. The second-order valence-electron chi connectivity index (χ2n) is 6.24. The zero-order valence-electron chi connectivity index (χ0n) is 12.3. The molecule has 2 rings (SSSR count). The molecule has 1 fully saturated rings. The maximum absolute atomic E-state index is 12.4. The molecule has 0 aliphatic carbocycles. The summed E-state index contributed by atoms with van der Waals surface area (Å²) in [5.41, 5.74) is 0.585. The molecule has 0 aromatic carbocycles. The van der Waals surface area contributed by atoms with Crippen molar-refractivity contribution in [1.82, 2.24) is 20.0 Å². The first-order chi connectivity index (χ1) is 8.89. The van der Waals surface area contributed by atoms with Crippen LogP contribution < -0.4 is 5.32 Å². The van der Waals surface area contributed by atoms with E-state index in [1.54, 1.807) is 6.20 Å². The minimum Gasteiger partial charge on any atom is -0.339 e. The molecule has 0 radical (unpaired) electrons. The summed E-state index contributed by atoms with van der Waals surface area (Å²) in [6, 6.07) is 0.340. The zero-order chi connectivity index (χ0) is 14.0. The van der Waals surface area contributed by atoms with Gasteiger partial charge in [0.1, 0.15) is 0 Å². The molecule has 1 aromatic heterocycles. The largest absolute Gasteiger partial charge is 0.339 e. The van der Waals surface area contributed by atoms with Crippen molar-refractivity contribution in [2.45, 2.75) is 45.2 Å². The molecule has 1 saturated heterocycles. The van der Waals surface area contributed by atoms with E-state index in [1.807, 2.05) is 22.8 Å². The number of nitrogens with zero attached hydrogens (tertiary/aromatic N) is 3. The van der Waals surface area contributed by atoms with Crippen LogP contribution in [0.2, 0.25) is 0 Å². The first-order valence-electron chi connectivity index (χ1n) is 6.92. The normalized spacial score (nSPS) is 17.5. The summed E-state index contributed by atoms with van der Waals surface area (Å²) in [6.07, 6.45) is 5.57. The fourth-order valence-electron chi connectivity index (χ4n) is 2.36. The van der Waals surface area contributed by atoms with Crippen molar-refractivity contribution >= 4 is 5.91 Å². The monoisotopic (exact) mass is 264 g/mol. The summed E-state index contributed by atoms with van der Waals surface area (Å²) >= 11 is 0. The Morgan fingerprint density at radius 1 is 1.42 bits per heavy atom. The molecule has 1 N–H and O–H groups in total. The van der Waals surface area contributed by atoms with E-state index in [4.69, 9.17) is 0 Å². The van der Waals surface area contributed by atoms with Gasteiger partial charge < -0.3 is 10.2 Å². The number of piperidine rings is 1. The summed E-state index contributed by atoms with van der Waals surface area (Å²) in [7, 11) is 1.90. The molecule has 0 saturated carbocycles. The lowest BCUT2D eigenvalue weighted by molar-refractivity contribution is 0.0703. The molecule has 19 heavy (non-hydrogen) atoms. The molecule has 0 spiro atoms. The van der Waals surface area contributed by atoms with Gasteiger partial charge in [-0.3, -0.25) is 9.48 Å². The van der Waals surface area contributed by atoms with Crippen molar-refractivity contribution in [3.8, 4) is 0 Å². The van der Waals surface area contributed by atoms with Crippen LogP contribution in [0.1, 0.15) is 44.0 Å². The van der Waals surface area contributed by atoms with Crippen LogP contribution >= 0.6 is 0 Å². The van der Waals surface area contributed by atoms with Crippen LogP contribution in [0.15, 0.2) is 12.4 Å². The molecule has 0 bridgehead atoms. The van der Waals surface area contributed by atoms with E-state index >= 15 is 0 Å². The lowest BCUT2D eigenvalue weighted by Crippen LogP contribution is -2.43. The number of carbonyl (C=O) groups excluding carboxylic acids is 1. The summed E-state index contributed by atoms with van der Waals surface area (Å²) < 4.78 is 1.84. The molecular weight excluding hydrogens is 240 g/mol. The molecule has 5 heteroatoms. The second kappa shape index (κ2) is 5.33. The molecule has 0 atom stereocenters. The van der Waals surface area contributed by atoms with Crippen molar-refractivity contribution in [2.24, 2.45) is 0 Å². The number of hydrogen-bond donors (Lipinski definition) is 1. The van der Waals surface area contributed by atoms with Crippen LogP contribution in [0.3, 0.4) is 0 Å². The fraction of sp³-hybridized carbons (Fsp3) is 0.714. The van der Waals surface area contributed by atoms with E-state index in [9.17, 15) is 4.79 Å². The molecule has 5 nitrogen and oxygen atoms in total. The Hall–Kier alpha value is -1.36. The van der Waals surface area contributed by atoms with Crippen LogP contribution in [0.5, 0.6) is 0 Å². The Balaban J connectivity index is 2.08. The van der Waals surface area contributed by atoms with Gasteiger partial charge in [0.05, 0.1) is 17.3 Å². The van der Waals surface area contributed by atoms with E-state index in [-0.39, 0.29) is 11.4 Å². The maximum Gasteiger partial charge on any atom is 0.257 e. The molecule has 1 aliphatic heterocycles. The van der Waals surface area contributed by atoms with E-state index in [1.165, 1.54) is 0 Å². The summed E-state index contributed by atoms with van der Waals surface area (Å²) in [4.78, 5) is 14.3. The smallest absolute Gasteiger partial charge is 0.257 e. The Bertz CT molecular complexity index is 441. The Kier molecular flexibility index (Phi) is 3.94. The number of rotatable bonds is 2. The number of amides is 1. The third-order valence-electron chi connectivity index (χ3n) is 3.69. The third-order valence-corrected chi connectivity index (χ3v) is 3.69. The van der Waals surface area contributed by atoms with Gasteiger partial charge in [0.2, 0.25) is 0 Å². The summed E-state index contributed by atoms with van der Waals surface area (Å²) in [5, 5.41) is 7.61. The van der Waals surface area contributed by atoms with Crippen molar-refractivity contribution in [1.29, 1.82) is 0 Å². The maximum atomic E-state index is 12.4. The SMILES string of the molecule is CN(C(=O)c1cnn(C(C)(C)C)c1)C1CCNCC1. The van der Waals surface area contributed by atoms with Crippen LogP contribution in [0, 0.1) is 0 Å². The van der Waals surface area contributed by atoms with Crippen molar-refractivity contribution < 1.29 is 4.79 Å². The predicted molar refractivity (Wildman–Crippen MR) is 75.2 cm³/mol. The van der Waals surface area contributed by atoms with Gasteiger partial charge in [0.15, 0.2) is 0 Å². The molecular formula is C14H24N4O. The molecule has 1 amide bonds. The number of carbonyl (C=O) groups is 1. The van der Waals surface area contributed by atoms with Gasteiger partial charge in [0.25, 0.3) is 5.91 Å². The van der Waals surface area contributed by atoms with Gasteiger partial charge in [-0.2, -0.15) is 5.10 Å². The van der Waals surface area contributed by atoms with Crippen LogP contribution in [-0.2, 0) is 5.54 Å². The lowest BCUT2D eigenvalue weighted by Gasteiger charge is -2.31. The Morgan fingerprint density at radius 3 is 2.58 bits per heavy atom. The lowest BCUT2D eigenvalue weighted by atomic mass is 10.0. The van der Waals surface area contributed by atoms with Crippen molar-refractivity contribution in [2.75, 3.05) is 20.1 Å². The van der Waals surface area contributed by atoms with Gasteiger partial charge in [-0.05, 0) is 46.7 Å². The molecule has 2 heterocycles. The summed E-state index contributed by atoms with van der Waals surface area (Å²) in [6.45, 7) is 8.20. The highest BCUT2D eigenvalue weighted by molar-refractivity contribution is 5.93. The highest BCUT2D eigenvalue weighted by Gasteiger charge is 2.24. The van der Waals surface area contributed by atoms with E-state index < -0.39 is 0 Å². The first kappa shape index (κ1) is 14.1. The van der Waals surface area contributed by atoms with Crippen LogP contribution in [0.4, 0.5) is 0 Å². The minimum atomic E-state index is -0.0914. The molecule has 1 aromatic rings. The third kappa shape index (κ3) is 3.15. The highest BCUT2D eigenvalue weighted by atomic mass is 16.2. The van der Waals surface area contributed by atoms with Gasteiger partial charge in [-0.25, -0.2) is 0 Å². The van der Waals surface area contributed by atoms with E-state index in [0.29, 0.717) is 11.6 Å². The minimum absolute atomic E-state index is 0.0717. The van der Waals surface area contributed by atoms with Gasteiger partial charge in [-0.15, -0.1) is 0 Å². The first-order valence-corrected chi connectivity index (χ1v) is 6.92. The van der Waals surface area contributed by atoms with Crippen molar-refractivity contribution in [3.05, 3.63) is 18.0 Å². The van der Waals surface area contributed by atoms with Gasteiger partial charge >= 0.3 is 0 Å². The van der Waals surface area contributed by atoms with Gasteiger partial charge in [-0.1, -0.05) is 0 Å². The quantitative estimate of drug-likeness (QED) is 0.880. The van der Waals surface area contributed by atoms with Crippen molar-refractivity contribution in [3.63, 3.8) is 0 Å². The van der Waals surface area contributed by atoms with Gasteiger partial charge in [0, 0.05) is 19.3 Å². The predicted octanol–water partition coefficient (Wildman–Crippen LogP) is 1.46. The zero-order valence-corrected chi connectivity index (χ0v) is 12.3. The topological polar surface area (TPSA) is 50.2 Å². The fourth-order valence-corrected chi connectivity index (χ4v) is 2.36. The van der Waals surface area contributed by atoms with Crippen LogP contribution in [-0.4, -0.2) is 46.8 Å². The standard InChI is InChI=1S/C14H24N4O/c1-14(2,3)18-10-11(9-16-18)13(19)17(4)12-5-7-15-8-6-12/h9-10,12,15H,5-8H2,1-4H3. The molecule has 0 unspecified atom stereocenters. The summed E-state index contributed by atoms with van der Waals surface area (Å²) in [5.74, 6) is 0.0717. The Morgan fingerprint density at radius 2 is 2.05 bits per heavy atom. The van der Waals surface area contributed by atoms with E-state index in [0.717, 1.165) is 25.9 Å². The Labute approximate surface area is 115 Å². The average molecular weight is 264 g/mol. The van der Waals surface area contributed by atoms with E-state index in [2.05, 4.69) is 31.2 Å². The second-order valence-corrected chi connectivity index (χ2v) is 6.24.